The normalized spacial score (nSPS) is 13.4. The largest absolute Gasteiger partial charge is 0.456 e. The maximum atomic E-state index is 6.07. The first kappa shape index (κ1) is 22.9. The zero-order chi connectivity index (χ0) is 26.8. The number of para-hydroxylation sites is 1. The molecule has 0 atom stereocenters. The quantitative estimate of drug-likeness (QED) is 0.235. The van der Waals surface area contributed by atoms with Gasteiger partial charge in [-0.1, -0.05) is 98.8 Å². The van der Waals surface area contributed by atoms with E-state index in [0.29, 0.717) is 17.5 Å². The second kappa shape index (κ2) is 8.45. The van der Waals surface area contributed by atoms with E-state index in [-0.39, 0.29) is 5.41 Å². The third kappa shape index (κ3) is 3.43. The molecule has 8 rings (SSSR count). The monoisotopic (exact) mass is 515 g/mol. The summed E-state index contributed by atoms with van der Waals surface area (Å²) in [6.07, 6.45) is 0. The summed E-state index contributed by atoms with van der Waals surface area (Å²) in [7, 11) is 0. The topological polar surface area (TPSA) is 51.8 Å². The standard InChI is InChI=1S/C36H25N3O/c1-36(2)29-14-8-6-12-25(29)26-18-16-24(21-30(26)36)35-38-33(22-10-4-3-5-11-22)37-34(39-35)23-17-19-32-28(20-23)27-13-7-9-15-31(27)40-32/h3-21H,1-2H3. The zero-order valence-electron chi connectivity index (χ0n) is 22.2. The van der Waals surface area contributed by atoms with Gasteiger partial charge in [0.05, 0.1) is 0 Å². The molecule has 0 unspecified atom stereocenters. The minimum absolute atomic E-state index is 0.104. The summed E-state index contributed by atoms with van der Waals surface area (Å²) < 4.78 is 6.07. The summed E-state index contributed by atoms with van der Waals surface area (Å²) in [6, 6.07) is 39.7. The molecule has 40 heavy (non-hydrogen) atoms. The molecule has 0 saturated carbocycles. The molecule has 0 N–H and O–H groups in total. The molecule has 1 aliphatic rings. The van der Waals surface area contributed by atoms with E-state index in [9.17, 15) is 0 Å². The van der Waals surface area contributed by atoms with Gasteiger partial charge in [0.2, 0.25) is 0 Å². The summed E-state index contributed by atoms with van der Waals surface area (Å²) >= 11 is 0. The molecule has 190 valence electrons. The van der Waals surface area contributed by atoms with Gasteiger partial charge < -0.3 is 4.42 Å². The highest BCUT2D eigenvalue weighted by Gasteiger charge is 2.35. The van der Waals surface area contributed by atoms with Gasteiger partial charge in [0.1, 0.15) is 11.2 Å². The Labute approximate surface area is 232 Å². The fraction of sp³-hybridized carbons (Fsp3) is 0.0833. The number of nitrogens with zero attached hydrogens (tertiary/aromatic N) is 3. The van der Waals surface area contributed by atoms with Crippen molar-refractivity contribution in [1.29, 1.82) is 0 Å². The van der Waals surface area contributed by atoms with Crippen molar-refractivity contribution in [3.63, 3.8) is 0 Å². The van der Waals surface area contributed by atoms with Crippen LogP contribution in [0.4, 0.5) is 0 Å². The Morgan fingerprint density at radius 1 is 0.475 bits per heavy atom. The van der Waals surface area contributed by atoms with E-state index in [1.807, 2.05) is 60.7 Å². The van der Waals surface area contributed by atoms with Crippen LogP contribution in [0.5, 0.6) is 0 Å². The molecule has 4 nitrogen and oxygen atoms in total. The highest BCUT2D eigenvalue weighted by molar-refractivity contribution is 6.06. The summed E-state index contributed by atoms with van der Waals surface area (Å²) in [6.45, 7) is 4.58. The Hall–Kier alpha value is -5.09. The minimum Gasteiger partial charge on any atom is -0.456 e. The molecule has 1 aliphatic carbocycles. The van der Waals surface area contributed by atoms with Crippen LogP contribution in [0.15, 0.2) is 120 Å². The molecule has 0 saturated heterocycles. The van der Waals surface area contributed by atoms with E-state index in [4.69, 9.17) is 19.4 Å². The molecule has 0 bridgehead atoms. The Morgan fingerprint density at radius 2 is 1.07 bits per heavy atom. The Kier molecular flexibility index (Phi) is 4.83. The lowest BCUT2D eigenvalue weighted by Crippen LogP contribution is -2.15. The summed E-state index contributed by atoms with van der Waals surface area (Å²) in [5.41, 5.74) is 9.70. The second-order valence-corrected chi connectivity index (χ2v) is 10.9. The number of aromatic nitrogens is 3. The highest BCUT2D eigenvalue weighted by atomic mass is 16.3. The van der Waals surface area contributed by atoms with Gasteiger partial charge in [-0.15, -0.1) is 0 Å². The maximum Gasteiger partial charge on any atom is 0.164 e. The molecule has 0 fully saturated rings. The van der Waals surface area contributed by atoms with Gasteiger partial charge in [-0.2, -0.15) is 0 Å². The van der Waals surface area contributed by atoms with Crippen molar-refractivity contribution in [2.75, 3.05) is 0 Å². The van der Waals surface area contributed by atoms with Crippen molar-refractivity contribution in [3.05, 3.63) is 126 Å². The number of furan rings is 1. The molecule has 0 aliphatic heterocycles. The average molecular weight is 516 g/mol. The van der Waals surface area contributed by atoms with E-state index in [0.717, 1.165) is 38.6 Å². The predicted molar refractivity (Wildman–Crippen MR) is 161 cm³/mol. The van der Waals surface area contributed by atoms with Crippen molar-refractivity contribution >= 4 is 21.9 Å². The lowest BCUT2D eigenvalue weighted by molar-refractivity contribution is 0.660. The van der Waals surface area contributed by atoms with Gasteiger partial charge in [-0.3, -0.25) is 0 Å². The van der Waals surface area contributed by atoms with Crippen LogP contribution in [0.2, 0.25) is 0 Å². The second-order valence-electron chi connectivity index (χ2n) is 10.9. The van der Waals surface area contributed by atoms with Crippen molar-refractivity contribution in [2.24, 2.45) is 0 Å². The molecular weight excluding hydrogens is 490 g/mol. The fourth-order valence-corrected chi connectivity index (χ4v) is 6.06. The Morgan fingerprint density at radius 3 is 1.90 bits per heavy atom. The van der Waals surface area contributed by atoms with Crippen LogP contribution >= 0.6 is 0 Å². The summed E-state index contributed by atoms with van der Waals surface area (Å²) in [5.74, 6) is 1.95. The van der Waals surface area contributed by atoms with Crippen LogP contribution in [0, 0.1) is 0 Å². The first-order chi connectivity index (χ1) is 19.6. The molecule has 4 heteroatoms. The van der Waals surface area contributed by atoms with E-state index in [2.05, 4.69) is 68.4 Å². The molecule has 2 aromatic heterocycles. The number of benzene rings is 5. The van der Waals surface area contributed by atoms with Crippen LogP contribution in [0.1, 0.15) is 25.0 Å². The zero-order valence-corrected chi connectivity index (χ0v) is 22.2. The van der Waals surface area contributed by atoms with E-state index in [1.165, 1.54) is 22.3 Å². The van der Waals surface area contributed by atoms with Crippen LogP contribution < -0.4 is 0 Å². The number of rotatable bonds is 3. The van der Waals surface area contributed by atoms with Crippen molar-refractivity contribution in [3.8, 4) is 45.3 Å². The van der Waals surface area contributed by atoms with Gasteiger partial charge in [-0.05, 0) is 52.6 Å². The van der Waals surface area contributed by atoms with E-state index in [1.54, 1.807) is 0 Å². The molecular formula is C36H25N3O. The summed E-state index contributed by atoms with van der Waals surface area (Å²) in [4.78, 5) is 15.0. The smallest absolute Gasteiger partial charge is 0.164 e. The predicted octanol–water partition coefficient (Wildman–Crippen LogP) is 9.08. The first-order valence-corrected chi connectivity index (χ1v) is 13.5. The van der Waals surface area contributed by atoms with E-state index >= 15 is 0 Å². The highest BCUT2D eigenvalue weighted by Crippen LogP contribution is 2.49. The third-order valence-corrected chi connectivity index (χ3v) is 8.14. The van der Waals surface area contributed by atoms with Crippen LogP contribution in [-0.4, -0.2) is 15.0 Å². The van der Waals surface area contributed by atoms with Gasteiger partial charge in [-0.25, -0.2) is 15.0 Å². The molecule has 2 heterocycles. The van der Waals surface area contributed by atoms with Crippen molar-refractivity contribution in [2.45, 2.75) is 19.3 Å². The molecule has 0 radical (unpaired) electrons. The lowest BCUT2D eigenvalue weighted by atomic mass is 9.82. The fourth-order valence-electron chi connectivity index (χ4n) is 6.06. The Balaban J connectivity index is 1.32. The van der Waals surface area contributed by atoms with Gasteiger partial charge >= 0.3 is 0 Å². The molecule has 5 aromatic carbocycles. The molecule has 0 spiro atoms. The molecule has 7 aromatic rings. The van der Waals surface area contributed by atoms with Gasteiger partial charge in [0.25, 0.3) is 0 Å². The van der Waals surface area contributed by atoms with Crippen molar-refractivity contribution < 1.29 is 4.42 Å². The minimum atomic E-state index is -0.104. The molecule has 0 amide bonds. The SMILES string of the molecule is CC1(C)c2ccccc2-c2ccc(-c3nc(-c4ccccc4)nc(-c4ccc5oc6ccccc6c5c4)n3)cc21. The summed E-state index contributed by atoms with van der Waals surface area (Å²) in [5, 5.41) is 2.13. The van der Waals surface area contributed by atoms with E-state index < -0.39 is 0 Å². The van der Waals surface area contributed by atoms with Gasteiger partial charge in [0, 0.05) is 32.9 Å². The Bertz CT molecular complexity index is 2090. The van der Waals surface area contributed by atoms with Crippen LogP contribution in [0.25, 0.3) is 67.2 Å². The first-order valence-electron chi connectivity index (χ1n) is 13.5. The van der Waals surface area contributed by atoms with Crippen LogP contribution in [-0.2, 0) is 5.41 Å². The van der Waals surface area contributed by atoms with Gasteiger partial charge in [0.15, 0.2) is 17.5 Å². The van der Waals surface area contributed by atoms with Crippen LogP contribution in [0.3, 0.4) is 0 Å². The third-order valence-electron chi connectivity index (χ3n) is 8.14. The maximum absolute atomic E-state index is 6.07. The average Bonchev–Trinajstić information content (AvgIpc) is 3.49. The lowest BCUT2D eigenvalue weighted by Gasteiger charge is -2.21. The number of hydrogen-bond acceptors (Lipinski definition) is 4. The number of fused-ring (bicyclic) bond motifs is 6. The van der Waals surface area contributed by atoms with Crippen molar-refractivity contribution in [1.82, 2.24) is 15.0 Å². The number of hydrogen-bond donors (Lipinski definition) is 0.